The van der Waals surface area contributed by atoms with Crippen molar-refractivity contribution in [3.8, 4) is 0 Å². The van der Waals surface area contributed by atoms with Gasteiger partial charge in [0.15, 0.2) is 0 Å². The van der Waals surface area contributed by atoms with Crippen molar-refractivity contribution in [2.24, 2.45) is 11.8 Å². The van der Waals surface area contributed by atoms with Crippen molar-refractivity contribution in [2.75, 3.05) is 13.1 Å². The number of hydrogen-bond acceptors (Lipinski definition) is 2. The predicted octanol–water partition coefficient (Wildman–Crippen LogP) is 3.63. The zero-order valence-corrected chi connectivity index (χ0v) is 14.8. The zero-order valence-electron chi connectivity index (χ0n) is 12.4. The molecule has 0 radical (unpaired) electrons. The van der Waals surface area contributed by atoms with Crippen molar-refractivity contribution in [1.82, 2.24) is 10.6 Å². The summed E-state index contributed by atoms with van der Waals surface area (Å²) in [6, 6.07) is 5.96. The molecule has 2 N–H and O–H groups in total. The monoisotopic (exact) mass is 362 g/mol. The molecule has 6 heteroatoms. The third-order valence-electron chi connectivity index (χ3n) is 4.61. The van der Waals surface area contributed by atoms with Gasteiger partial charge in [-0.2, -0.15) is 0 Å². The lowest BCUT2D eigenvalue weighted by molar-refractivity contribution is -0.123. The van der Waals surface area contributed by atoms with E-state index in [0.29, 0.717) is 22.0 Å². The number of benzene rings is 1. The number of amides is 1. The second-order valence-corrected chi connectivity index (χ2v) is 7.02. The molecule has 3 rings (SSSR count). The lowest BCUT2D eigenvalue weighted by Crippen LogP contribution is -2.48. The molecule has 4 unspecified atom stereocenters. The first kappa shape index (κ1) is 17.9. The summed E-state index contributed by atoms with van der Waals surface area (Å²) >= 11 is 12.0. The zero-order chi connectivity index (χ0) is 15.0. The second kappa shape index (κ2) is 7.39. The topological polar surface area (TPSA) is 41.1 Å². The maximum absolute atomic E-state index is 12.4. The quantitative estimate of drug-likeness (QED) is 0.861. The molecule has 4 atom stereocenters. The lowest BCUT2D eigenvalue weighted by Gasteiger charge is -2.30. The van der Waals surface area contributed by atoms with Gasteiger partial charge >= 0.3 is 0 Å². The first-order valence-electron chi connectivity index (χ1n) is 7.52. The van der Waals surface area contributed by atoms with Gasteiger partial charge < -0.3 is 10.6 Å². The highest BCUT2D eigenvalue weighted by atomic mass is 35.5. The molecule has 1 aromatic rings. The molecule has 0 spiro atoms. The summed E-state index contributed by atoms with van der Waals surface area (Å²) in [7, 11) is 0. The number of carbonyl (C=O) groups excluding carboxylic acids is 1. The Morgan fingerprint density at radius 3 is 2.77 bits per heavy atom. The molecule has 2 aliphatic rings. The molecule has 1 saturated carbocycles. The van der Waals surface area contributed by atoms with Gasteiger partial charge in [-0.3, -0.25) is 4.79 Å². The Morgan fingerprint density at radius 2 is 2.09 bits per heavy atom. The van der Waals surface area contributed by atoms with Crippen molar-refractivity contribution < 1.29 is 4.79 Å². The van der Waals surface area contributed by atoms with E-state index >= 15 is 0 Å². The van der Waals surface area contributed by atoms with Gasteiger partial charge in [-0.05, 0) is 55.5 Å². The van der Waals surface area contributed by atoms with E-state index in [1.807, 2.05) is 12.1 Å². The molecule has 1 amide bonds. The minimum Gasteiger partial charge on any atom is -0.353 e. The Labute approximate surface area is 147 Å². The Bertz CT molecular complexity index is 552. The van der Waals surface area contributed by atoms with Gasteiger partial charge in [-0.1, -0.05) is 36.2 Å². The molecule has 1 aliphatic heterocycles. The third-order valence-corrected chi connectivity index (χ3v) is 5.35. The maximum atomic E-state index is 12.4. The van der Waals surface area contributed by atoms with Crippen molar-refractivity contribution >= 4 is 41.5 Å². The van der Waals surface area contributed by atoms with Crippen molar-refractivity contribution in [2.45, 2.75) is 31.7 Å². The van der Waals surface area contributed by atoms with Gasteiger partial charge in [0.25, 0.3) is 0 Å². The van der Waals surface area contributed by atoms with Crippen LogP contribution in [-0.2, 0) is 4.79 Å². The fourth-order valence-corrected chi connectivity index (χ4v) is 3.42. The van der Waals surface area contributed by atoms with E-state index in [0.717, 1.165) is 31.5 Å². The fourth-order valence-electron chi connectivity index (χ4n) is 3.11. The minimum absolute atomic E-state index is 0. The first-order valence-corrected chi connectivity index (χ1v) is 8.28. The highest BCUT2D eigenvalue weighted by molar-refractivity contribution is 6.42. The van der Waals surface area contributed by atoms with Crippen LogP contribution in [0.15, 0.2) is 18.2 Å². The summed E-state index contributed by atoms with van der Waals surface area (Å²) < 4.78 is 0. The van der Waals surface area contributed by atoms with Crippen LogP contribution in [0.5, 0.6) is 0 Å². The SMILES string of the molecule is CC1CNCCC1NC(=O)C1CC1c1ccc(Cl)c(Cl)c1.Cl. The molecule has 1 aromatic carbocycles. The van der Waals surface area contributed by atoms with Gasteiger partial charge in [0.1, 0.15) is 0 Å². The fraction of sp³-hybridized carbons (Fsp3) is 0.562. The van der Waals surface area contributed by atoms with Crippen LogP contribution < -0.4 is 10.6 Å². The third kappa shape index (κ3) is 3.88. The average molecular weight is 364 g/mol. The standard InChI is InChI=1S/C16H20Cl2N2O.ClH/c1-9-8-19-5-4-15(9)20-16(21)12-7-11(12)10-2-3-13(17)14(18)6-10;/h2-3,6,9,11-12,15,19H,4-5,7-8H2,1H3,(H,20,21);1H. The van der Waals surface area contributed by atoms with Crippen LogP contribution >= 0.6 is 35.6 Å². The van der Waals surface area contributed by atoms with E-state index in [9.17, 15) is 4.79 Å². The van der Waals surface area contributed by atoms with E-state index in [2.05, 4.69) is 17.6 Å². The van der Waals surface area contributed by atoms with Gasteiger partial charge in [-0.25, -0.2) is 0 Å². The molecule has 1 heterocycles. The molecule has 3 nitrogen and oxygen atoms in total. The van der Waals surface area contributed by atoms with Gasteiger partial charge in [0.2, 0.25) is 5.91 Å². The number of nitrogens with one attached hydrogen (secondary N) is 2. The normalized spacial score (nSPS) is 30.3. The van der Waals surface area contributed by atoms with Crippen LogP contribution in [-0.4, -0.2) is 25.0 Å². The Kier molecular flexibility index (Phi) is 6.00. The van der Waals surface area contributed by atoms with E-state index in [-0.39, 0.29) is 30.2 Å². The summed E-state index contributed by atoms with van der Waals surface area (Å²) in [5.41, 5.74) is 1.11. The molecule has 2 fully saturated rings. The van der Waals surface area contributed by atoms with Crippen LogP contribution in [0.1, 0.15) is 31.2 Å². The molecule has 122 valence electrons. The minimum atomic E-state index is 0. The number of rotatable bonds is 3. The van der Waals surface area contributed by atoms with Crippen molar-refractivity contribution in [3.63, 3.8) is 0 Å². The Hall–Kier alpha value is -0.480. The highest BCUT2D eigenvalue weighted by Crippen LogP contribution is 2.48. The molecule has 22 heavy (non-hydrogen) atoms. The summed E-state index contributed by atoms with van der Waals surface area (Å²) in [5.74, 6) is 1.05. The molecule has 0 aromatic heterocycles. The van der Waals surface area contributed by atoms with Gasteiger partial charge in [-0.15, -0.1) is 12.4 Å². The lowest BCUT2D eigenvalue weighted by atomic mass is 9.95. The van der Waals surface area contributed by atoms with Gasteiger partial charge in [0, 0.05) is 12.0 Å². The maximum Gasteiger partial charge on any atom is 0.223 e. The number of piperidine rings is 1. The molecule has 1 aliphatic carbocycles. The number of carbonyl (C=O) groups is 1. The van der Waals surface area contributed by atoms with Crippen LogP contribution in [0.4, 0.5) is 0 Å². The summed E-state index contributed by atoms with van der Waals surface area (Å²) in [6.45, 7) is 4.14. The van der Waals surface area contributed by atoms with Crippen LogP contribution in [0.2, 0.25) is 10.0 Å². The Balaban J connectivity index is 0.00000176. The van der Waals surface area contributed by atoms with E-state index < -0.39 is 0 Å². The smallest absolute Gasteiger partial charge is 0.223 e. The average Bonchev–Trinajstić information content (AvgIpc) is 3.25. The number of hydrogen-bond donors (Lipinski definition) is 2. The summed E-state index contributed by atoms with van der Waals surface area (Å²) in [4.78, 5) is 12.4. The number of halogens is 3. The molecular weight excluding hydrogens is 343 g/mol. The van der Waals surface area contributed by atoms with Crippen molar-refractivity contribution in [3.05, 3.63) is 33.8 Å². The molecule has 1 saturated heterocycles. The van der Waals surface area contributed by atoms with E-state index in [1.165, 1.54) is 0 Å². The second-order valence-electron chi connectivity index (χ2n) is 6.21. The highest BCUT2D eigenvalue weighted by Gasteiger charge is 2.44. The van der Waals surface area contributed by atoms with E-state index in [1.54, 1.807) is 6.07 Å². The van der Waals surface area contributed by atoms with Crippen molar-refractivity contribution in [1.29, 1.82) is 0 Å². The molecule has 0 bridgehead atoms. The summed E-state index contributed by atoms with van der Waals surface area (Å²) in [6.07, 6.45) is 1.92. The predicted molar refractivity (Wildman–Crippen MR) is 93.1 cm³/mol. The largest absolute Gasteiger partial charge is 0.353 e. The van der Waals surface area contributed by atoms with Crippen LogP contribution in [0.3, 0.4) is 0 Å². The Morgan fingerprint density at radius 1 is 1.32 bits per heavy atom. The van der Waals surface area contributed by atoms with E-state index in [4.69, 9.17) is 23.2 Å². The summed E-state index contributed by atoms with van der Waals surface area (Å²) in [5, 5.41) is 7.69. The van der Waals surface area contributed by atoms with Gasteiger partial charge in [0.05, 0.1) is 10.0 Å². The van der Waals surface area contributed by atoms with Crippen LogP contribution in [0, 0.1) is 11.8 Å². The first-order chi connectivity index (χ1) is 10.1. The molecular formula is C16H21Cl3N2O. The van der Waals surface area contributed by atoms with Crippen LogP contribution in [0.25, 0.3) is 0 Å².